The van der Waals surface area contributed by atoms with Crippen LogP contribution in [0.5, 0.6) is 0 Å². The minimum absolute atomic E-state index is 0.119. The van der Waals surface area contributed by atoms with E-state index in [-0.39, 0.29) is 33.6 Å². The van der Waals surface area contributed by atoms with Crippen LogP contribution in [0.1, 0.15) is 22.6 Å². The van der Waals surface area contributed by atoms with Crippen molar-refractivity contribution >= 4 is 39.3 Å². The van der Waals surface area contributed by atoms with Crippen molar-refractivity contribution in [2.45, 2.75) is 13.1 Å². The summed E-state index contributed by atoms with van der Waals surface area (Å²) < 4.78 is 41.1. The van der Waals surface area contributed by atoms with Gasteiger partial charge in [-0.2, -0.15) is 19.0 Å². The summed E-state index contributed by atoms with van der Waals surface area (Å²) in [6.07, 6.45) is 2.40. The number of alkyl halides is 2. The molecule has 11 heteroatoms. The molecule has 3 aromatic rings. The Bertz CT molecular complexity index is 959. The molecule has 0 radical (unpaired) electrons. The van der Waals surface area contributed by atoms with Crippen LogP contribution in [0, 0.1) is 5.82 Å². The third kappa shape index (κ3) is 3.91. The number of rotatable bonds is 5. The lowest BCUT2D eigenvalue weighted by Gasteiger charge is -2.03. The molecule has 0 aliphatic rings. The van der Waals surface area contributed by atoms with E-state index < -0.39 is 12.5 Å². The molecule has 2 aromatic heterocycles. The number of hydrogen-bond donors (Lipinski definition) is 1. The Morgan fingerprint density at radius 2 is 2.00 bits per heavy atom. The zero-order chi connectivity index (χ0) is 18.8. The average Bonchev–Trinajstić information content (AvgIpc) is 3.13. The fourth-order valence-electron chi connectivity index (χ4n) is 2.15. The summed E-state index contributed by atoms with van der Waals surface area (Å²) in [4.78, 5) is 12.2. The Kier molecular flexibility index (Phi) is 5.33. The van der Waals surface area contributed by atoms with Crippen molar-refractivity contribution in [3.63, 3.8) is 0 Å². The summed E-state index contributed by atoms with van der Waals surface area (Å²) in [5.74, 6) is -1.06. The average molecular weight is 449 g/mol. The van der Waals surface area contributed by atoms with Crippen LogP contribution >= 0.6 is 27.5 Å². The summed E-state index contributed by atoms with van der Waals surface area (Å²) >= 11 is 8.99. The second kappa shape index (κ2) is 7.50. The van der Waals surface area contributed by atoms with Crippen molar-refractivity contribution in [2.75, 3.05) is 5.32 Å². The molecule has 0 bridgehead atoms. The number of amides is 1. The molecule has 0 aliphatic carbocycles. The van der Waals surface area contributed by atoms with Gasteiger partial charge in [0.15, 0.2) is 11.5 Å². The standard InChI is InChI=1S/C15H10BrClF3N5O/c16-9-6-24(5-8-3-1-2-4-11(8)18)23-13(9)21-14(26)12-10(17)7-25(22-12)15(19)20/h1-4,6-7,15H,5H2,(H,21,23,26). The summed E-state index contributed by atoms with van der Waals surface area (Å²) in [6, 6.07) is 6.21. The van der Waals surface area contributed by atoms with E-state index >= 15 is 0 Å². The van der Waals surface area contributed by atoms with E-state index in [2.05, 4.69) is 31.4 Å². The Balaban J connectivity index is 1.77. The van der Waals surface area contributed by atoms with Crippen LogP contribution < -0.4 is 5.32 Å². The highest BCUT2D eigenvalue weighted by Gasteiger charge is 2.21. The fraction of sp³-hybridized carbons (Fsp3) is 0.133. The van der Waals surface area contributed by atoms with Gasteiger partial charge in [-0.15, -0.1) is 0 Å². The molecule has 1 amide bonds. The van der Waals surface area contributed by atoms with Crippen molar-refractivity contribution in [1.29, 1.82) is 0 Å². The predicted octanol–water partition coefficient (Wildman–Crippen LogP) is 4.33. The third-order valence-electron chi connectivity index (χ3n) is 3.34. The normalized spacial score (nSPS) is 11.2. The first kappa shape index (κ1) is 18.5. The van der Waals surface area contributed by atoms with E-state index in [9.17, 15) is 18.0 Å². The van der Waals surface area contributed by atoms with Gasteiger partial charge in [-0.1, -0.05) is 29.8 Å². The summed E-state index contributed by atoms with van der Waals surface area (Å²) in [5, 5.41) is 9.78. The van der Waals surface area contributed by atoms with Crippen LogP contribution in [0.2, 0.25) is 5.02 Å². The van der Waals surface area contributed by atoms with Gasteiger partial charge in [-0.25, -0.2) is 9.07 Å². The molecule has 0 saturated carbocycles. The topological polar surface area (TPSA) is 64.7 Å². The number of halogens is 5. The zero-order valence-corrected chi connectivity index (χ0v) is 15.2. The first-order valence-corrected chi connectivity index (χ1v) is 8.32. The number of carbonyl (C=O) groups is 1. The first-order valence-electron chi connectivity index (χ1n) is 7.15. The predicted molar refractivity (Wildman–Crippen MR) is 91.9 cm³/mol. The van der Waals surface area contributed by atoms with Crippen molar-refractivity contribution in [1.82, 2.24) is 19.6 Å². The van der Waals surface area contributed by atoms with E-state index in [1.165, 1.54) is 10.7 Å². The Hall–Kier alpha value is -2.33. The van der Waals surface area contributed by atoms with Crippen LogP contribution in [0.4, 0.5) is 19.0 Å². The molecule has 0 atom stereocenters. The second-order valence-electron chi connectivity index (χ2n) is 5.15. The highest BCUT2D eigenvalue weighted by molar-refractivity contribution is 9.10. The molecule has 26 heavy (non-hydrogen) atoms. The SMILES string of the molecule is O=C(Nc1nn(Cc2ccccc2F)cc1Br)c1nn(C(F)F)cc1Cl. The third-order valence-corrected chi connectivity index (χ3v) is 4.20. The Morgan fingerprint density at radius 3 is 2.65 bits per heavy atom. The largest absolute Gasteiger partial charge is 0.333 e. The minimum atomic E-state index is -2.92. The van der Waals surface area contributed by atoms with Crippen molar-refractivity contribution < 1.29 is 18.0 Å². The number of carbonyl (C=O) groups excluding carboxylic acids is 1. The van der Waals surface area contributed by atoms with Gasteiger partial charge >= 0.3 is 6.55 Å². The molecular weight excluding hydrogens is 439 g/mol. The molecule has 0 fully saturated rings. The second-order valence-corrected chi connectivity index (χ2v) is 6.41. The Labute approximate surface area is 158 Å². The maximum atomic E-state index is 13.7. The molecule has 1 N–H and O–H groups in total. The number of aromatic nitrogens is 4. The monoisotopic (exact) mass is 447 g/mol. The van der Waals surface area contributed by atoms with Gasteiger partial charge < -0.3 is 5.32 Å². The smallest absolute Gasteiger partial charge is 0.303 e. The van der Waals surface area contributed by atoms with Gasteiger partial charge in [-0.05, 0) is 22.0 Å². The minimum Gasteiger partial charge on any atom is -0.303 e. The van der Waals surface area contributed by atoms with E-state index in [0.717, 1.165) is 6.20 Å². The van der Waals surface area contributed by atoms with Crippen LogP contribution in [0.3, 0.4) is 0 Å². The van der Waals surface area contributed by atoms with Gasteiger partial charge in [0.05, 0.1) is 22.2 Å². The van der Waals surface area contributed by atoms with Gasteiger partial charge in [0.2, 0.25) is 0 Å². The highest BCUT2D eigenvalue weighted by Crippen LogP contribution is 2.24. The number of benzene rings is 1. The van der Waals surface area contributed by atoms with E-state index in [0.29, 0.717) is 10.0 Å². The van der Waals surface area contributed by atoms with Crippen LogP contribution in [-0.4, -0.2) is 25.5 Å². The van der Waals surface area contributed by atoms with Crippen molar-refractivity contribution in [3.05, 3.63) is 63.2 Å². The zero-order valence-electron chi connectivity index (χ0n) is 12.8. The van der Waals surface area contributed by atoms with Crippen LogP contribution in [0.15, 0.2) is 41.1 Å². The van der Waals surface area contributed by atoms with Crippen molar-refractivity contribution in [2.24, 2.45) is 0 Å². The van der Waals surface area contributed by atoms with Gasteiger partial charge in [-0.3, -0.25) is 9.48 Å². The molecule has 3 rings (SSSR count). The first-order chi connectivity index (χ1) is 12.3. The molecule has 0 unspecified atom stereocenters. The number of anilines is 1. The van der Waals surface area contributed by atoms with Gasteiger partial charge in [0.25, 0.3) is 5.91 Å². The lowest BCUT2D eigenvalue weighted by Crippen LogP contribution is -2.15. The number of nitrogens with one attached hydrogen (secondary N) is 1. The molecule has 0 spiro atoms. The summed E-state index contributed by atoms with van der Waals surface area (Å²) in [5.41, 5.74) is 0.0571. The quantitative estimate of drug-likeness (QED) is 0.632. The van der Waals surface area contributed by atoms with Crippen molar-refractivity contribution in [3.8, 4) is 0 Å². The van der Waals surface area contributed by atoms with Crippen LogP contribution in [0.25, 0.3) is 0 Å². The molecule has 0 aliphatic heterocycles. The van der Waals surface area contributed by atoms with Crippen LogP contribution in [-0.2, 0) is 6.54 Å². The molecule has 1 aromatic carbocycles. The number of hydrogen-bond acceptors (Lipinski definition) is 3. The molecule has 136 valence electrons. The molecular formula is C15H10BrClF3N5O. The maximum absolute atomic E-state index is 13.7. The summed E-state index contributed by atoms with van der Waals surface area (Å²) in [6.45, 7) is -2.78. The fourth-order valence-corrected chi connectivity index (χ4v) is 2.79. The Morgan fingerprint density at radius 1 is 1.27 bits per heavy atom. The highest BCUT2D eigenvalue weighted by atomic mass is 79.9. The maximum Gasteiger partial charge on any atom is 0.333 e. The lowest BCUT2D eigenvalue weighted by atomic mass is 10.2. The van der Waals surface area contributed by atoms with Gasteiger partial charge in [0.1, 0.15) is 5.82 Å². The van der Waals surface area contributed by atoms with E-state index in [1.807, 2.05) is 0 Å². The summed E-state index contributed by atoms with van der Waals surface area (Å²) in [7, 11) is 0. The number of nitrogens with zero attached hydrogens (tertiary/aromatic N) is 4. The lowest BCUT2D eigenvalue weighted by molar-refractivity contribution is 0.0561. The molecule has 0 saturated heterocycles. The molecule has 6 nitrogen and oxygen atoms in total. The van der Waals surface area contributed by atoms with E-state index in [4.69, 9.17) is 11.6 Å². The molecule has 2 heterocycles. The van der Waals surface area contributed by atoms with E-state index in [1.54, 1.807) is 24.4 Å². The van der Waals surface area contributed by atoms with Gasteiger partial charge in [0, 0.05) is 11.8 Å².